The smallest absolute Gasteiger partial charge is 0.276 e. The molecule has 0 bridgehead atoms. The van der Waals surface area contributed by atoms with Gasteiger partial charge in [0, 0.05) is 36.1 Å². The molecule has 1 saturated heterocycles. The largest absolute Gasteiger partial charge is 0.319 e. The maximum Gasteiger partial charge on any atom is 0.276 e. The number of H-pyrrole nitrogens is 1. The Labute approximate surface area is 179 Å². The molecule has 31 heavy (non-hydrogen) atoms. The lowest BCUT2D eigenvalue weighted by Crippen LogP contribution is -2.29. The predicted octanol–water partition coefficient (Wildman–Crippen LogP) is 3.65. The molecular formula is C23H23N7O. The van der Waals surface area contributed by atoms with Gasteiger partial charge in [-0.2, -0.15) is 5.10 Å². The van der Waals surface area contributed by atoms with Crippen LogP contribution in [0.3, 0.4) is 0 Å². The molecule has 0 aliphatic carbocycles. The number of carbonyl (C=O) groups excluding carboxylic acids is 1. The lowest BCUT2D eigenvalue weighted by atomic mass is 10.1. The summed E-state index contributed by atoms with van der Waals surface area (Å²) in [7, 11) is 0. The van der Waals surface area contributed by atoms with E-state index in [0.29, 0.717) is 22.3 Å². The van der Waals surface area contributed by atoms with Crippen molar-refractivity contribution in [1.82, 2.24) is 30.0 Å². The number of nitrogens with zero attached hydrogens (tertiary/aromatic N) is 5. The highest BCUT2D eigenvalue weighted by atomic mass is 16.1. The number of aromatic nitrogens is 5. The van der Waals surface area contributed by atoms with Gasteiger partial charge in [0.2, 0.25) is 0 Å². The number of piperidine rings is 1. The number of likely N-dealkylation sites (tertiary alicyclic amines) is 1. The SMILES string of the molecule is O=C(Nc1cccnc1)c1n[nH]c2cnc(-c3cncc(CN4CCCCC4)c3)cc12. The molecule has 5 heterocycles. The molecule has 0 saturated carbocycles. The Kier molecular flexibility index (Phi) is 5.37. The second-order valence-corrected chi connectivity index (χ2v) is 7.80. The number of rotatable bonds is 5. The Morgan fingerprint density at radius 3 is 2.81 bits per heavy atom. The summed E-state index contributed by atoms with van der Waals surface area (Å²) in [5.41, 5.74) is 4.50. The van der Waals surface area contributed by atoms with Crippen LogP contribution in [-0.2, 0) is 6.54 Å². The fourth-order valence-corrected chi connectivity index (χ4v) is 3.96. The first-order chi connectivity index (χ1) is 15.3. The second kappa shape index (κ2) is 8.61. The number of anilines is 1. The normalized spacial score (nSPS) is 14.6. The molecule has 0 radical (unpaired) electrons. The highest BCUT2D eigenvalue weighted by molar-refractivity contribution is 6.11. The standard InChI is InChI=1S/C23H23N7O/c31-23(27-18-5-4-6-24-13-18)22-19-10-20(26-14-21(19)28-29-22)17-9-16(11-25-12-17)15-30-7-2-1-3-8-30/h4-6,9-14H,1-3,7-8,15H2,(H,27,31)(H,28,29). The van der Waals surface area contributed by atoms with Gasteiger partial charge < -0.3 is 5.32 Å². The molecule has 2 N–H and O–H groups in total. The topological polar surface area (TPSA) is 99.7 Å². The molecule has 156 valence electrons. The van der Waals surface area contributed by atoms with Crippen molar-refractivity contribution < 1.29 is 4.79 Å². The van der Waals surface area contributed by atoms with E-state index in [0.717, 1.165) is 30.9 Å². The Hall–Kier alpha value is -3.65. The summed E-state index contributed by atoms with van der Waals surface area (Å²) >= 11 is 0. The third kappa shape index (κ3) is 4.29. The van der Waals surface area contributed by atoms with Gasteiger partial charge in [-0.25, -0.2) is 0 Å². The fourth-order valence-electron chi connectivity index (χ4n) is 3.96. The monoisotopic (exact) mass is 413 g/mol. The van der Waals surface area contributed by atoms with Gasteiger partial charge in [0.25, 0.3) is 5.91 Å². The second-order valence-electron chi connectivity index (χ2n) is 7.80. The number of fused-ring (bicyclic) bond motifs is 1. The molecule has 1 aliphatic heterocycles. The van der Waals surface area contributed by atoms with Gasteiger partial charge in [0.05, 0.1) is 29.3 Å². The molecule has 0 spiro atoms. The van der Waals surface area contributed by atoms with E-state index in [9.17, 15) is 4.79 Å². The van der Waals surface area contributed by atoms with E-state index in [4.69, 9.17) is 0 Å². The molecular weight excluding hydrogens is 390 g/mol. The van der Waals surface area contributed by atoms with Crippen LogP contribution in [0.2, 0.25) is 0 Å². The molecule has 1 amide bonds. The first-order valence-electron chi connectivity index (χ1n) is 10.5. The zero-order chi connectivity index (χ0) is 21.0. The minimum absolute atomic E-state index is 0.298. The molecule has 1 aliphatic rings. The van der Waals surface area contributed by atoms with Crippen LogP contribution < -0.4 is 5.32 Å². The summed E-state index contributed by atoms with van der Waals surface area (Å²) < 4.78 is 0. The number of carbonyl (C=O) groups is 1. The zero-order valence-electron chi connectivity index (χ0n) is 17.1. The summed E-state index contributed by atoms with van der Waals surface area (Å²) in [6.45, 7) is 3.17. The van der Waals surface area contributed by atoms with Crippen LogP contribution in [0.4, 0.5) is 5.69 Å². The first-order valence-corrected chi connectivity index (χ1v) is 10.5. The molecule has 0 aromatic carbocycles. The molecule has 8 heteroatoms. The van der Waals surface area contributed by atoms with E-state index in [-0.39, 0.29) is 5.91 Å². The third-order valence-corrected chi connectivity index (χ3v) is 5.53. The van der Waals surface area contributed by atoms with Gasteiger partial charge in [-0.05, 0) is 55.8 Å². The molecule has 4 aromatic heterocycles. The van der Waals surface area contributed by atoms with Crippen molar-refractivity contribution in [3.63, 3.8) is 0 Å². The molecule has 4 aromatic rings. The zero-order valence-corrected chi connectivity index (χ0v) is 17.1. The fraction of sp³-hybridized carbons (Fsp3) is 0.261. The van der Waals surface area contributed by atoms with Crippen LogP contribution in [0.25, 0.3) is 22.2 Å². The predicted molar refractivity (Wildman–Crippen MR) is 118 cm³/mol. The molecule has 1 fully saturated rings. The average Bonchev–Trinajstić information content (AvgIpc) is 3.24. The van der Waals surface area contributed by atoms with Crippen molar-refractivity contribution in [2.45, 2.75) is 25.8 Å². The third-order valence-electron chi connectivity index (χ3n) is 5.53. The summed E-state index contributed by atoms with van der Waals surface area (Å²) in [6.07, 6.45) is 12.5. The van der Waals surface area contributed by atoms with Crippen LogP contribution in [0.5, 0.6) is 0 Å². The van der Waals surface area contributed by atoms with Crippen LogP contribution in [0.1, 0.15) is 35.3 Å². The summed E-state index contributed by atoms with van der Waals surface area (Å²) in [5.74, 6) is -0.298. The van der Waals surface area contributed by atoms with Crippen LogP contribution in [0, 0.1) is 0 Å². The van der Waals surface area contributed by atoms with Crippen molar-refractivity contribution >= 4 is 22.5 Å². The van der Waals surface area contributed by atoms with Crippen molar-refractivity contribution in [3.05, 3.63) is 66.5 Å². The Morgan fingerprint density at radius 1 is 1.06 bits per heavy atom. The van der Waals surface area contributed by atoms with Crippen molar-refractivity contribution in [2.75, 3.05) is 18.4 Å². The lowest BCUT2D eigenvalue weighted by molar-refractivity contribution is 0.102. The van der Waals surface area contributed by atoms with Gasteiger partial charge in [0.15, 0.2) is 5.69 Å². The minimum Gasteiger partial charge on any atom is -0.319 e. The van der Waals surface area contributed by atoms with E-state index in [2.05, 4.69) is 41.4 Å². The number of amides is 1. The van der Waals surface area contributed by atoms with E-state index in [1.54, 1.807) is 30.7 Å². The average molecular weight is 413 g/mol. The van der Waals surface area contributed by atoms with Crippen molar-refractivity contribution in [1.29, 1.82) is 0 Å². The Morgan fingerprint density at radius 2 is 1.97 bits per heavy atom. The number of hydrogen-bond acceptors (Lipinski definition) is 6. The minimum atomic E-state index is -0.298. The van der Waals surface area contributed by atoms with Crippen LogP contribution in [-0.4, -0.2) is 49.0 Å². The summed E-state index contributed by atoms with van der Waals surface area (Å²) in [4.78, 5) is 28.2. The van der Waals surface area contributed by atoms with E-state index in [1.807, 2.05) is 18.5 Å². The van der Waals surface area contributed by atoms with Crippen LogP contribution in [0.15, 0.2) is 55.2 Å². The number of nitrogens with one attached hydrogen (secondary N) is 2. The molecule has 5 rings (SSSR count). The lowest BCUT2D eigenvalue weighted by Gasteiger charge is -2.26. The molecule has 0 unspecified atom stereocenters. The van der Waals surface area contributed by atoms with Gasteiger partial charge in [-0.15, -0.1) is 0 Å². The summed E-state index contributed by atoms with van der Waals surface area (Å²) in [6, 6.07) is 7.57. The van der Waals surface area contributed by atoms with E-state index >= 15 is 0 Å². The van der Waals surface area contributed by atoms with Gasteiger partial charge in [0.1, 0.15) is 0 Å². The van der Waals surface area contributed by atoms with Crippen molar-refractivity contribution in [2.24, 2.45) is 0 Å². The first kappa shape index (κ1) is 19.3. The highest BCUT2D eigenvalue weighted by Gasteiger charge is 2.17. The number of hydrogen-bond donors (Lipinski definition) is 2. The Bertz CT molecular complexity index is 1200. The van der Waals surface area contributed by atoms with Gasteiger partial charge in [-0.3, -0.25) is 29.7 Å². The highest BCUT2D eigenvalue weighted by Crippen LogP contribution is 2.24. The van der Waals surface area contributed by atoms with E-state index in [1.165, 1.54) is 24.8 Å². The van der Waals surface area contributed by atoms with Crippen molar-refractivity contribution in [3.8, 4) is 11.3 Å². The van der Waals surface area contributed by atoms with Gasteiger partial charge in [-0.1, -0.05) is 6.42 Å². The molecule has 0 atom stereocenters. The maximum atomic E-state index is 12.8. The van der Waals surface area contributed by atoms with E-state index < -0.39 is 0 Å². The number of pyridine rings is 3. The number of aromatic amines is 1. The molecule has 8 nitrogen and oxygen atoms in total. The van der Waals surface area contributed by atoms with Crippen LogP contribution >= 0.6 is 0 Å². The quantitative estimate of drug-likeness (QED) is 0.518. The Balaban J connectivity index is 1.41. The summed E-state index contributed by atoms with van der Waals surface area (Å²) in [5, 5.41) is 10.6. The van der Waals surface area contributed by atoms with Gasteiger partial charge >= 0.3 is 0 Å². The maximum absolute atomic E-state index is 12.8.